The molecule has 0 aliphatic carbocycles. The van der Waals surface area contributed by atoms with Crippen LogP contribution >= 0.6 is 0 Å². The maximum absolute atomic E-state index is 12.1. The number of carbonyl (C=O) groups is 1. The van der Waals surface area contributed by atoms with Crippen LogP contribution in [0, 0.1) is 11.3 Å². The molecule has 0 spiro atoms. The SMILES string of the molecule is N#Cc1cccc(C2CC(OCCF)=CC(=O)O2)c1. The fourth-order valence-electron chi connectivity index (χ4n) is 1.85. The first-order valence-electron chi connectivity index (χ1n) is 5.83. The van der Waals surface area contributed by atoms with Crippen molar-refractivity contribution in [2.45, 2.75) is 12.5 Å². The third-order valence-corrected chi connectivity index (χ3v) is 2.68. The van der Waals surface area contributed by atoms with Crippen LogP contribution in [0.25, 0.3) is 0 Å². The number of ether oxygens (including phenoxy) is 2. The van der Waals surface area contributed by atoms with E-state index in [1.165, 1.54) is 6.08 Å². The Labute approximate surface area is 110 Å². The van der Waals surface area contributed by atoms with Gasteiger partial charge in [-0.05, 0) is 17.7 Å². The molecule has 5 heteroatoms. The molecule has 2 rings (SSSR count). The van der Waals surface area contributed by atoms with Gasteiger partial charge in [-0.3, -0.25) is 0 Å². The van der Waals surface area contributed by atoms with E-state index in [0.717, 1.165) is 5.56 Å². The van der Waals surface area contributed by atoms with Crippen LogP contribution in [0.1, 0.15) is 23.7 Å². The van der Waals surface area contributed by atoms with Gasteiger partial charge in [0.2, 0.25) is 0 Å². The maximum Gasteiger partial charge on any atom is 0.334 e. The van der Waals surface area contributed by atoms with Crippen molar-refractivity contribution < 1.29 is 18.7 Å². The maximum atomic E-state index is 12.1. The largest absolute Gasteiger partial charge is 0.495 e. The summed E-state index contributed by atoms with van der Waals surface area (Å²) in [4.78, 5) is 11.4. The summed E-state index contributed by atoms with van der Waals surface area (Å²) < 4.78 is 22.4. The van der Waals surface area contributed by atoms with Crippen LogP contribution in [0.5, 0.6) is 0 Å². The van der Waals surface area contributed by atoms with Gasteiger partial charge in [0.15, 0.2) is 0 Å². The first kappa shape index (κ1) is 13.1. The van der Waals surface area contributed by atoms with Gasteiger partial charge in [0.1, 0.15) is 25.1 Å². The molecular weight excluding hydrogens is 249 g/mol. The quantitative estimate of drug-likeness (QED) is 0.781. The van der Waals surface area contributed by atoms with Crippen LogP contribution in [-0.4, -0.2) is 19.3 Å². The lowest BCUT2D eigenvalue weighted by Crippen LogP contribution is -2.18. The second-order valence-electron chi connectivity index (χ2n) is 4.02. The lowest BCUT2D eigenvalue weighted by molar-refractivity contribution is -0.145. The predicted octanol–water partition coefficient (Wildman–Crippen LogP) is 2.42. The van der Waals surface area contributed by atoms with Gasteiger partial charge >= 0.3 is 5.97 Å². The zero-order chi connectivity index (χ0) is 13.7. The lowest BCUT2D eigenvalue weighted by Gasteiger charge is -2.23. The number of cyclic esters (lactones) is 1. The monoisotopic (exact) mass is 261 g/mol. The average molecular weight is 261 g/mol. The van der Waals surface area contributed by atoms with E-state index >= 15 is 0 Å². The molecule has 1 aliphatic rings. The molecular formula is C14H12FNO3. The van der Waals surface area contributed by atoms with Crippen molar-refractivity contribution in [3.05, 3.63) is 47.2 Å². The molecule has 0 saturated carbocycles. The van der Waals surface area contributed by atoms with Crippen molar-refractivity contribution in [2.24, 2.45) is 0 Å². The first-order valence-corrected chi connectivity index (χ1v) is 5.83. The van der Waals surface area contributed by atoms with E-state index in [1.54, 1.807) is 24.3 Å². The van der Waals surface area contributed by atoms with Crippen molar-refractivity contribution in [3.63, 3.8) is 0 Å². The molecule has 0 aromatic heterocycles. The van der Waals surface area contributed by atoms with Gasteiger partial charge in [-0.25, -0.2) is 9.18 Å². The highest BCUT2D eigenvalue weighted by Crippen LogP contribution is 2.30. The van der Waals surface area contributed by atoms with Gasteiger partial charge in [-0.1, -0.05) is 12.1 Å². The Morgan fingerprint density at radius 3 is 3.11 bits per heavy atom. The van der Waals surface area contributed by atoms with E-state index in [4.69, 9.17) is 14.7 Å². The van der Waals surface area contributed by atoms with Crippen molar-refractivity contribution in [1.29, 1.82) is 5.26 Å². The minimum absolute atomic E-state index is 0.0793. The highest BCUT2D eigenvalue weighted by molar-refractivity contribution is 5.83. The van der Waals surface area contributed by atoms with E-state index < -0.39 is 18.7 Å². The van der Waals surface area contributed by atoms with Crippen LogP contribution in [0.2, 0.25) is 0 Å². The smallest absolute Gasteiger partial charge is 0.334 e. The molecule has 1 aromatic carbocycles. The van der Waals surface area contributed by atoms with Gasteiger partial charge in [-0.15, -0.1) is 0 Å². The Kier molecular flexibility index (Phi) is 4.14. The number of nitriles is 1. The molecule has 0 radical (unpaired) electrons. The molecule has 0 N–H and O–H groups in total. The van der Waals surface area contributed by atoms with Crippen LogP contribution < -0.4 is 0 Å². The summed E-state index contributed by atoms with van der Waals surface area (Å²) in [5.74, 6) is -0.117. The Bertz CT molecular complexity index is 548. The molecule has 0 fully saturated rings. The third-order valence-electron chi connectivity index (χ3n) is 2.68. The Morgan fingerprint density at radius 2 is 2.37 bits per heavy atom. The fraction of sp³-hybridized carbons (Fsp3) is 0.286. The molecule has 0 saturated heterocycles. The molecule has 98 valence electrons. The van der Waals surface area contributed by atoms with Gasteiger partial charge in [0, 0.05) is 6.42 Å². The van der Waals surface area contributed by atoms with Crippen molar-refractivity contribution >= 4 is 5.97 Å². The van der Waals surface area contributed by atoms with Crippen LogP contribution in [-0.2, 0) is 14.3 Å². The number of alkyl halides is 1. The summed E-state index contributed by atoms with van der Waals surface area (Å²) in [5.41, 5.74) is 1.22. The van der Waals surface area contributed by atoms with Crippen LogP contribution in [0.15, 0.2) is 36.1 Å². The second kappa shape index (κ2) is 6.01. The molecule has 1 unspecified atom stereocenters. The second-order valence-corrected chi connectivity index (χ2v) is 4.02. The number of hydrogen-bond donors (Lipinski definition) is 0. The average Bonchev–Trinajstić information content (AvgIpc) is 2.44. The van der Waals surface area contributed by atoms with Crippen molar-refractivity contribution in [3.8, 4) is 6.07 Å². The number of halogens is 1. The Morgan fingerprint density at radius 1 is 1.53 bits per heavy atom. The highest BCUT2D eigenvalue weighted by atomic mass is 19.1. The number of esters is 1. The number of nitrogens with zero attached hydrogens (tertiary/aromatic N) is 1. The minimum atomic E-state index is -0.610. The van der Waals surface area contributed by atoms with Crippen LogP contribution in [0.3, 0.4) is 0 Å². The van der Waals surface area contributed by atoms with Crippen molar-refractivity contribution in [2.75, 3.05) is 13.3 Å². The minimum Gasteiger partial charge on any atom is -0.495 e. The topological polar surface area (TPSA) is 59.3 Å². The van der Waals surface area contributed by atoms with E-state index in [0.29, 0.717) is 17.7 Å². The van der Waals surface area contributed by atoms with Crippen LogP contribution in [0.4, 0.5) is 4.39 Å². The molecule has 4 nitrogen and oxygen atoms in total. The number of carbonyl (C=O) groups excluding carboxylic acids is 1. The van der Waals surface area contributed by atoms with Gasteiger partial charge in [0.25, 0.3) is 0 Å². The van der Waals surface area contributed by atoms with Gasteiger partial charge in [-0.2, -0.15) is 5.26 Å². The Balaban J connectivity index is 2.15. The third kappa shape index (κ3) is 3.32. The molecule has 1 atom stereocenters. The lowest BCUT2D eigenvalue weighted by atomic mass is 10.0. The fourth-order valence-corrected chi connectivity index (χ4v) is 1.85. The summed E-state index contributed by atoms with van der Waals surface area (Å²) in [6, 6.07) is 8.86. The number of rotatable bonds is 4. The predicted molar refractivity (Wildman–Crippen MR) is 64.6 cm³/mol. The van der Waals surface area contributed by atoms with E-state index in [1.807, 2.05) is 6.07 Å². The van der Waals surface area contributed by atoms with Crippen molar-refractivity contribution in [1.82, 2.24) is 0 Å². The molecule has 0 bridgehead atoms. The molecule has 19 heavy (non-hydrogen) atoms. The number of benzene rings is 1. The normalized spacial score (nSPS) is 18.2. The number of hydrogen-bond acceptors (Lipinski definition) is 4. The Hall–Kier alpha value is -2.35. The van der Waals surface area contributed by atoms with Gasteiger partial charge < -0.3 is 9.47 Å². The first-order chi connectivity index (χ1) is 9.22. The summed E-state index contributed by atoms with van der Waals surface area (Å²) in [6.07, 6.45) is 1.07. The zero-order valence-electron chi connectivity index (χ0n) is 10.1. The van der Waals surface area contributed by atoms with E-state index in [2.05, 4.69) is 0 Å². The standard InChI is InChI=1S/C14H12FNO3/c15-4-5-18-12-7-13(19-14(17)8-12)11-3-1-2-10(6-11)9-16/h1-3,6,8,13H,4-5,7H2. The van der Waals surface area contributed by atoms with E-state index in [9.17, 15) is 9.18 Å². The molecule has 0 amide bonds. The highest BCUT2D eigenvalue weighted by Gasteiger charge is 2.24. The summed E-state index contributed by atoms with van der Waals surface area (Å²) in [7, 11) is 0. The zero-order valence-corrected chi connectivity index (χ0v) is 10.1. The summed E-state index contributed by atoms with van der Waals surface area (Å²) >= 11 is 0. The summed E-state index contributed by atoms with van der Waals surface area (Å²) in [6.45, 7) is -0.689. The molecule has 1 aliphatic heterocycles. The molecule has 1 aromatic rings. The summed E-state index contributed by atoms with van der Waals surface area (Å²) in [5, 5.41) is 8.85. The van der Waals surface area contributed by atoms with E-state index in [-0.39, 0.29) is 6.61 Å². The molecule has 1 heterocycles. The van der Waals surface area contributed by atoms with Gasteiger partial charge in [0.05, 0.1) is 17.7 Å².